The van der Waals surface area contributed by atoms with Crippen LogP contribution in [0.1, 0.15) is 18.4 Å². The van der Waals surface area contributed by atoms with Crippen molar-refractivity contribution in [2.24, 2.45) is 35.5 Å². The maximum Gasteiger partial charge on any atom is 0.233 e. The summed E-state index contributed by atoms with van der Waals surface area (Å²) in [5.41, 5.74) is 1.03. The van der Waals surface area contributed by atoms with Gasteiger partial charge < -0.3 is 5.32 Å². The molecular weight excluding hydrogens is 328 g/mol. The van der Waals surface area contributed by atoms with Crippen molar-refractivity contribution in [3.63, 3.8) is 0 Å². The number of allylic oxidation sites excluding steroid dienone is 2. The molecule has 1 aliphatic heterocycles. The van der Waals surface area contributed by atoms with E-state index in [0.717, 1.165) is 12.0 Å². The van der Waals surface area contributed by atoms with Gasteiger partial charge in [-0.05, 0) is 35.7 Å². The second kappa shape index (κ2) is 5.79. The number of carbonyl (C=O) groups excluding carboxylic acids is 3. The molecular formula is C21H22N2O3. The van der Waals surface area contributed by atoms with Crippen LogP contribution in [0.3, 0.4) is 0 Å². The number of likely N-dealkylation sites (tertiary alicyclic amines) is 1. The first kappa shape index (κ1) is 15.8. The molecule has 1 saturated heterocycles. The molecule has 134 valence electrons. The van der Waals surface area contributed by atoms with Crippen molar-refractivity contribution < 1.29 is 14.4 Å². The predicted molar refractivity (Wildman–Crippen MR) is 94.3 cm³/mol. The molecule has 26 heavy (non-hydrogen) atoms. The Labute approximate surface area is 152 Å². The molecule has 0 unspecified atom stereocenters. The number of benzene rings is 1. The van der Waals surface area contributed by atoms with Gasteiger partial charge >= 0.3 is 0 Å². The summed E-state index contributed by atoms with van der Waals surface area (Å²) in [5.74, 6) is 1.11. The standard InChI is InChI=1S/C21H22N2O3/c24-17(22-11-12-4-2-1-3-5-12)8-9-23-20(25)18-13-6-7-14(16-10-15(13)16)19(18)21(23)26/h1-7,13-16,18-19H,8-11H2,(H,22,24)/t13-,14+,15-,16-,18+,19-/m1/s1. The van der Waals surface area contributed by atoms with Crippen LogP contribution in [0.2, 0.25) is 0 Å². The molecule has 6 atom stereocenters. The molecule has 1 aromatic rings. The molecule has 6 rings (SSSR count). The number of nitrogens with zero attached hydrogens (tertiary/aromatic N) is 1. The summed E-state index contributed by atoms with van der Waals surface area (Å²) >= 11 is 0. The van der Waals surface area contributed by atoms with Crippen molar-refractivity contribution in [2.75, 3.05) is 6.54 Å². The minimum Gasteiger partial charge on any atom is -0.352 e. The van der Waals surface area contributed by atoms with E-state index in [2.05, 4.69) is 17.5 Å². The van der Waals surface area contributed by atoms with E-state index in [4.69, 9.17) is 0 Å². The normalized spacial score (nSPS) is 36.1. The Bertz CT molecular complexity index is 767. The third-order valence-corrected chi connectivity index (χ3v) is 6.65. The van der Waals surface area contributed by atoms with Crippen LogP contribution in [0.15, 0.2) is 42.5 Å². The van der Waals surface area contributed by atoms with E-state index in [1.807, 2.05) is 30.3 Å². The zero-order chi connectivity index (χ0) is 17.8. The molecule has 0 spiro atoms. The molecule has 1 aromatic carbocycles. The highest BCUT2D eigenvalue weighted by atomic mass is 16.2. The summed E-state index contributed by atoms with van der Waals surface area (Å²) in [4.78, 5) is 39.2. The summed E-state index contributed by atoms with van der Waals surface area (Å²) in [6.07, 6.45) is 5.67. The van der Waals surface area contributed by atoms with Gasteiger partial charge in [-0.2, -0.15) is 0 Å². The third kappa shape index (κ3) is 2.33. The van der Waals surface area contributed by atoms with Gasteiger partial charge in [-0.15, -0.1) is 0 Å². The van der Waals surface area contributed by atoms with Crippen molar-refractivity contribution in [1.82, 2.24) is 10.2 Å². The number of rotatable bonds is 5. The molecule has 5 nitrogen and oxygen atoms in total. The monoisotopic (exact) mass is 350 g/mol. The lowest BCUT2D eigenvalue weighted by atomic mass is 9.63. The Balaban J connectivity index is 1.20. The summed E-state index contributed by atoms with van der Waals surface area (Å²) in [5, 5.41) is 2.86. The van der Waals surface area contributed by atoms with E-state index in [1.54, 1.807) is 0 Å². The van der Waals surface area contributed by atoms with Gasteiger partial charge in [-0.25, -0.2) is 0 Å². The first-order chi connectivity index (χ1) is 12.6. The second-order valence-corrected chi connectivity index (χ2v) is 8.00. The molecule has 4 aliphatic carbocycles. The van der Waals surface area contributed by atoms with Gasteiger partial charge in [-0.3, -0.25) is 19.3 Å². The van der Waals surface area contributed by atoms with Crippen LogP contribution < -0.4 is 5.32 Å². The van der Waals surface area contributed by atoms with E-state index in [0.29, 0.717) is 18.4 Å². The minimum atomic E-state index is -0.173. The Morgan fingerprint density at radius 1 is 1.00 bits per heavy atom. The van der Waals surface area contributed by atoms with E-state index >= 15 is 0 Å². The molecule has 3 fully saturated rings. The largest absolute Gasteiger partial charge is 0.352 e. The van der Waals surface area contributed by atoms with E-state index in [-0.39, 0.29) is 54.4 Å². The summed E-state index contributed by atoms with van der Waals surface area (Å²) in [6, 6.07) is 9.69. The van der Waals surface area contributed by atoms with Crippen LogP contribution in [0, 0.1) is 35.5 Å². The summed E-state index contributed by atoms with van der Waals surface area (Å²) in [6.45, 7) is 0.657. The van der Waals surface area contributed by atoms with E-state index < -0.39 is 0 Å². The molecule has 2 bridgehead atoms. The van der Waals surface area contributed by atoms with Gasteiger partial charge in [0, 0.05) is 19.5 Å². The summed E-state index contributed by atoms with van der Waals surface area (Å²) in [7, 11) is 0. The van der Waals surface area contributed by atoms with Gasteiger partial charge in [-0.1, -0.05) is 42.5 Å². The highest BCUT2D eigenvalue weighted by molar-refractivity contribution is 6.06. The fourth-order valence-electron chi connectivity index (χ4n) is 5.34. The number of hydrogen-bond acceptors (Lipinski definition) is 3. The fraction of sp³-hybridized carbons (Fsp3) is 0.476. The fourth-order valence-corrected chi connectivity index (χ4v) is 5.34. The Hall–Kier alpha value is -2.43. The number of amides is 3. The number of nitrogens with one attached hydrogen (secondary N) is 1. The molecule has 1 heterocycles. The van der Waals surface area contributed by atoms with Gasteiger partial charge in [0.1, 0.15) is 0 Å². The molecule has 1 N–H and O–H groups in total. The lowest BCUT2D eigenvalue weighted by molar-refractivity contribution is -0.140. The first-order valence-electron chi connectivity index (χ1n) is 9.49. The lowest BCUT2D eigenvalue weighted by Gasteiger charge is -2.37. The molecule has 5 aliphatic rings. The quantitative estimate of drug-likeness (QED) is 0.650. The van der Waals surface area contributed by atoms with Crippen molar-refractivity contribution in [1.29, 1.82) is 0 Å². The van der Waals surface area contributed by atoms with E-state index in [1.165, 1.54) is 4.90 Å². The third-order valence-electron chi connectivity index (χ3n) is 6.65. The maximum absolute atomic E-state index is 12.8. The Morgan fingerprint density at radius 2 is 1.62 bits per heavy atom. The average molecular weight is 350 g/mol. The number of carbonyl (C=O) groups is 3. The van der Waals surface area contributed by atoms with Crippen LogP contribution in [0.4, 0.5) is 0 Å². The summed E-state index contributed by atoms with van der Waals surface area (Å²) < 4.78 is 0. The number of imide groups is 1. The topological polar surface area (TPSA) is 66.5 Å². The maximum atomic E-state index is 12.8. The Morgan fingerprint density at radius 3 is 2.23 bits per heavy atom. The highest BCUT2D eigenvalue weighted by Crippen LogP contribution is 2.65. The van der Waals surface area contributed by atoms with Crippen LogP contribution in [0.25, 0.3) is 0 Å². The Kier molecular flexibility index (Phi) is 3.52. The molecule has 3 amide bonds. The van der Waals surface area contributed by atoms with Crippen molar-refractivity contribution in [3.05, 3.63) is 48.0 Å². The first-order valence-corrected chi connectivity index (χ1v) is 9.49. The van der Waals surface area contributed by atoms with Crippen LogP contribution >= 0.6 is 0 Å². The molecule has 5 heteroatoms. The van der Waals surface area contributed by atoms with Crippen LogP contribution in [-0.4, -0.2) is 29.2 Å². The van der Waals surface area contributed by atoms with E-state index in [9.17, 15) is 14.4 Å². The molecule has 2 saturated carbocycles. The van der Waals surface area contributed by atoms with Crippen molar-refractivity contribution in [3.8, 4) is 0 Å². The van der Waals surface area contributed by atoms with Gasteiger partial charge in [0.2, 0.25) is 17.7 Å². The van der Waals surface area contributed by atoms with Gasteiger partial charge in [0.15, 0.2) is 0 Å². The predicted octanol–water partition coefficient (Wildman–Crippen LogP) is 1.75. The zero-order valence-electron chi connectivity index (χ0n) is 14.5. The molecule has 0 radical (unpaired) electrons. The van der Waals surface area contributed by atoms with Crippen LogP contribution in [0.5, 0.6) is 0 Å². The van der Waals surface area contributed by atoms with Crippen LogP contribution in [-0.2, 0) is 20.9 Å². The van der Waals surface area contributed by atoms with Crippen molar-refractivity contribution in [2.45, 2.75) is 19.4 Å². The second-order valence-electron chi connectivity index (χ2n) is 8.00. The van der Waals surface area contributed by atoms with Gasteiger partial charge in [0.25, 0.3) is 0 Å². The van der Waals surface area contributed by atoms with Crippen molar-refractivity contribution >= 4 is 17.7 Å². The SMILES string of the molecule is O=C(CCN1C(=O)[C@@H]2[C@H]3C=C[C@H]([C@H]4C[C@H]34)[C@@H]2C1=O)NCc1ccccc1. The lowest BCUT2D eigenvalue weighted by Crippen LogP contribution is -2.40. The average Bonchev–Trinajstić information content (AvgIpc) is 3.45. The zero-order valence-corrected chi connectivity index (χ0v) is 14.5. The minimum absolute atomic E-state index is 0.0550. The number of hydrogen-bond donors (Lipinski definition) is 1. The molecule has 0 aromatic heterocycles. The van der Waals surface area contributed by atoms with Gasteiger partial charge in [0.05, 0.1) is 11.8 Å². The smallest absolute Gasteiger partial charge is 0.233 e. The highest BCUT2D eigenvalue weighted by Gasteiger charge is 2.66.